The third kappa shape index (κ3) is 2.92. The minimum Gasteiger partial charge on any atom is -0.469 e. The first-order chi connectivity index (χ1) is 10.2. The van der Waals surface area contributed by atoms with Crippen LogP contribution in [-0.4, -0.2) is 60.1 Å². The van der Waals surface area contributed by atoms with Crippen molar-refractivity contribution >= 4 is 28.8 Å². The summed E-state index contributed by atoms with van der Waals surface area (Å²) in [6.45, 7) is 2.98. The second-order valence-corrected chi connectivity index (χ2v) is 6.23. The summed E-state index contributed by atoms with van der Waals surface area (Å²) < 4.78 is 4.77. The summed E-state index contributed by atoms with van der Waals surface area (Å²) in [6, 6.07) is 0. The summed E-state index contributed by atoms with van der Waals surface area (Å²) in [4.78, 5) is 32.2. The highest BCUT2D eigenvalue weighted by atomic mass is 32.2. The Balaban J connectivity index is 1.51. The Bertz CT molecular complexity index is 510. The van der Waals surface area contributed by atoms with E-state index in [1.807, 2.05) is 10.3 Å². The van der Waals surface area contributed by atoms with Gasteiger partial charge in [0.25, 0.3) is 0 Å². The van der Waals surface area contributed by atoms with Crippen LogP contribution in [0.25, 0.3) is 0 Å². The molecular weight excluding hydrogens is 290 g/mol. The van der Waals surface area contributed by atoms with Gasteiger partial charge in [-0.25, -0.2) is 0 Å². The van der Waals surface area contributed by atoms with E-state index in [2.05, 4.69) is 9.89 Å². The number of fused-ring (bicyclic) bond motifs is 1. The zero-order chi connectivity index (χ0) is 14.8. The molecule has 0 saturated carbocycles. The lowest BCUT2D eigenvalue weighted by atomic mass is 9.97. The van der Waals surface area contributed by atoms with Gasteiger partial charge in [-0.1, -0.05) is 11.8 Å². The molecule has 0 atom stereocenters. The number of esters is 1. The van der Waals surface area contributed by atoms with Crippen LogP contribution in [0.5, 0.6) is 0 Å². The molecule has 7 heteroatoms. The van der Waals surface area contributed by atoms with Gasteiger partial charge in [0.1, 0.15) is 0 Å². The Hall–Kier alpha value is -1.50. The largest absolute Gasteiger partial charge is 0.469 e. The molecule has 3 aliphatic heterocycles. The molecule has 0 N–H and O–H groups in total. The fourth-order valence-corrected chi connectivity index (χ4v) is 3.87. The summed E-state index contributed by atoms with van der Waals surface area (Å²) in [5, 5.41) is 3.04. The van der Waals surface area contributed by atoms with E-state index in [1.54, 1.807) is 11.8 Å². The van der Waals surface area contributed by atoms with E-state index >= 15 is 0 Å². The number of hydrogen-bond acceptors (Lipinski definition) is 6. The van der Waals surface area contributed by atoms with Crippen molar-refractivity contribution in [1.29, 1.82) is 0 Å². The smallest absolute Gasteiger partial charge is 0.308 e. The number of aliphatic imine (C=N–C) groups is 1. The Morgan fingerprint density at radius 3 is 2.86 bits per heavy atom. The van der Waals surface area contributed by atoms with Crippen LogP contribution in [0.3, 0.4) is 0 Å². The van der Waals surface area contributed by atoms with Gasteiger partial charge < -0.3 is 14.5 Å². The number of piperidine rings is 1. The molecule has 0 aromatic heterocycles. The number of rotatable bonds is 3. The first-order valence-electron chi connectivity index (χ1n) is 7.22. The van der Waals surface area contributed by atoms with E-state index in [0.717, 1.165) is 24.0 Å². The van der Waals surface area contributed by atoms with Crippen LogP contribution < -0.4 is 0 Å². The van der Waals surface area contributed by atoms with Crippen molar-refractivity contribution in [1.82, 2.24) is 9.80 Å². The molecule has 1 amide bonds. The molecule has 21 heavy (non-hydrogen) atoms. The predicted molar refractivity (Wildman–Crippen MR) is 80.6 cm³/mol. The first kappa shape index (κ1) is 14.4. The monoisotopic (exact) mass is 309 g/mol. The highest BCUT2D eigenvalue weighted by molar-refractivity contribution is 8.16. The van der Waals surface area contributed by atoms with Gasteiger partial charge in [-0.15, -0.1) is 0 Å². The van der Waals surface area contributed by atoms with Gasteiger partial charge in [0, 0.05) is 25.3 Å². The second-order valence-electron chi connectivity index (χ2n) is 5.40. The summed E-state index contributed by atoms with van der Waals surface area (Å²) in [5.74, 6) is -0.0779. The molecule has 0 unspecified atom stereocenters. The lowest BCUT2D eigenvalue weighted by Gasteiger charge is -2.31. The van der Waals surface area contributed by atoms with E-state index < -0.39 is 0 Å². The van der Waals surface area contributed by atoms with Crippen LogP contribution in [0.2, 0.25) is 0 Å². The maximum Gasteiger partial charge on any atom is 0.308 e. The van der Waals surface area contributed by atoms with Crippen LogP contribution >= 0.6 is 11.8 Å². The lowest BCUT2D eigenvalue weighted by Crippen LogP contribution is -2.41. The maximum atomic E-state index is 12.4. The quantitative estimate of drug-likeness (QED) is 0.729. The number of carbonyl (C=O) groups is 2. The highest BCUT2D eigenvalue weighted by Gasteiger charge is 2.31. The van der Waals surface area contributed by atoms with Crippen molar-refractivity contribution in [2.75, 3.05) is 33.3 Å². The summed E-state index contributed by atoms with van der Waals surface area (Å²) in [7, 11) is 1.42. The molecule has 0 bridgehead atoms. The number of thioether (sulfide) groups is 1. The number of ether oxygens (including phenoxy) is 1. The predicted octanol–water partition coefficient (Wildman–Crippen LogP) is 1.05. The van der Waals surface area contributed by atoms with Crippen LogP contribution in [0.1, 0.15) is 19.3 Å². The first-order valence-corrected chi connectivity index (χ1v) is 8.10. The molecule has 0 radical (unpaired) electrons. The molecule has 0 spiro atoms. The Kier molecular flexibility index (Phi) is 4.19. The topological polar surface area (TPSA) is 62.2 Å². The van der Waals surface area contributed by atoms with E-state index in [-0.39, 0.29) is 17.8 Å². The van der Waals surface area contributed by atoms with Gasteiger partial charge in [0.2, 0.25) is 5.91 Å². The van der Waals surface area contributed by atoms with Crippen molar-refractivity contribution in [3.8, 4) is 0 Å². The minimum atomic E-state index is -0.157. The van der Waals surface area contributed by atoms with Crippen LogP contribution in [0.15, 0.2) is 16.1 Å². The summed E-state index contributed by atoms with van der Waals surface area (Å²) in [5.41, 5.74) is 1.05. The molecule has 0 aromatic rings. The third-order valence-electron chi connectivity index (χ3n) is 4.16. The van der Waals surface area contributed by atoms with Crippen molar-refractivity contribution in [3.63, 3.8) is 0 Å². The van der Waals surface area contributed by atoms with Gasteiger partial charge in [0.15, 0.2) is 5.17 Å². The van der Waals surface area contributed by atoms with Gasteiger partial charge in [-0.05, 0) is 18.2 Å². The van der Waals surface area contributed by atoms with Crippen LogP contribution in [0, 0.1) is 5.92 Å². The van der Waals surface area contributed by atoms with E-state index in [9.17, 15) is 9.59 Å². The molecule has 3 aliphatic rings. The van der Waals surface area contributed by atoms with Gasteiger partial charge in [0.05, 0.1) is 26.0 Å². The normalized spacial score (nSPS) is 22.0. The van der Waals surface area contributed by atoms with Gasteiger partial charge in [-0.3, -0.25) is 14.6 Å². The molecule has 6 nitrogen and oxygen atoms in total. The van der Waals surface area contributed by atoms with Crippen molar-refractivity contribution in [3.05, 3.63) is 11.1 Å². The minimum absolute atomic E-state index is 0.0578. The van der Waals surface area contributed by atoms with Crippen molar-refractivity contribution in [2.24, 2.45) is 10.9 Å². The van der Waals surface area contributed by atoms with Crippen LogP contribution in [-0.2, 0) is 14.3 Å². The molecule has 3 heterocycles. The fraction of sp³-hybridized carbons (Fsp3) is 0.643. The molecule has 0 aromatic carbocycles. The highest BCUT2D eigenvalue weighted by Crippen LogP contribution is 2.31. The second kappa shape index (κ2) is 6.09. The molecule has 114 valence electrons. The average molecular weight is 309 g/mol. The number of methoxy groups -OCH3 is 1. The zero-order valence-corrected chi connectivity index (χ0v) is 12.9. The lowest BCUT2D eigenvalue weighted by molar-refractivity contribution is -0.148. The van der Waals surface area contributed by atoms with Gasteiger partial charge >= 0.3 is 5.97 Å². The number of likely N-dealkylation sites (tertiary alicyclic amines) is 1. The van der Waals surface area contributed by atoms with Crippen molar-refractivity contribution in [2.45, 2.75) is 19.3 Å². The third-order valence-corrected chi connectivity index (χ3v) is 5.11. The molecule has 0 aliphatic carbocycles. The molecular formula is C14H19N3O3S. The Morgan fingerprint density at radius 2 is 2.14 bits per heavy atom. The number of carbonyl (C=O) groups excluding carboxylic acids is 2. The SMILES string of the molecule is COC(=O)C1CCN(C(=O)CC2=CSC3=NCCN23)CC1. The van der Waals surface area contributed by atoms with Crippen LogP contribution in [0.4, 0.5) is 0 Å². The number of amides is 1. The maximum absolute atomic E-state index is 12.4. The Labute approximate surface area is 128 Å². The molecule has 1 saturated heterocycles. The van der Waals surface area contributed by atoms with E-state index in [0.29, 0.717) is 32.4 Å². The average Bonchev–Trinajstić information content (AvgIpc) is 3.11. The molecule has 3 rings (SSSR count). The fourth-order valence-electron chi connectivity index (χ4n) is 2.91. The summed E-state index contributed by atoms with van der Waals surface area (Å²) in [6.07, 6.45) is 1.82. The summed E-state index contributed by atoms with van der Waals surface area (Å²) >= 11 is 1.60. The standard InChI is InChI=1S/C14H19N3O3S/c1-20-13(19)10-2-5-16(6-3-10)12(18)8-11-9-21-14-15-4-7-17(11)14/h9-10H,2-8H2,1H3. The molecule has 1 fully saturated rings. The Morgan fingerprint density at radius 1 is 1.38 bits per heavy atom. The van der Waals surface area contributed by atoms with Gasteiger partial charge in [-0.2, -0.15) is 0 Å². The number of hydrogen-bond donors (Lipinski definition) is 0. The van der Waals surface area contributed by atoms with Crippen molar-refractivity contribution < 1.29 is 14.3 Å². The zero-order valence-electron chi connectivity index (χ0n) is 12.1. The van der Waals surface area contributed by atoms with E-state index in [1.165, 1.54) is 7.11 Å². The van der Waals surface area contributed by atoms with E-state index in [4.69, 9.17) is 4.74 Å². The number of amidine groups is 1. The number of nitrogens with zero attached hydrogens (tertiary/aromatic N) is 3.